The number of benzene rings is 1. The van der Waals surface area contributed by atoms with E-state index in [1.165, 1.54) is 0 Å². The van der Waals surface area contributed by atoms with Gasteiger partial charge in [-0.05, 0) is 25.1 Å². The first-order chi connectivity index (χ1) is 8.19. The second kappa shape index (κ2) is 5.49. The van der Waals surface area contributed by atoms with Crippen LogP contribution in [0.5, 0.6) is 5.75 Å². The molecule has 0 fully saturated rings. The summed E-state index contributed by atoms with van der Waals surface area (Å²) in [5, 5.41) is 12.7. The Labute approximate surface area is 109 Å². The molecule has 0 aliphatic carbocycles. The van der Waals surface area contributed by atoms with Crippen molar-refractivity contribution in [3.05, 3.63) is 44.9 Å². The van der Waals surface area contributed by atoms with Gasteiger partial charge in [0.2, 0.25) is 0 Å². The standard InChI is InChI=1S/C12H12ClNO2S/c1-8-7-17-12(14-8)6-16-11-3-2-10(13)4-9(11)5-15/h2-4,7,15H,5-6H2,1H3. The van der Waals surface area contributed by atoms with E-state index >= 15 is 0 Å². The van der Waals surface area contributed by atoms with Crippen molar-refractivity contribution in [3.63, 3.8) is 0 Å². The average Bonchev–Trinajstić information content (AvgIpc) is 2.73. The molecular weight excluding hydrogens is 258 g/mol. The van der Waals surface area contributed by atoms with Gasteiger partial charge in [0, 0.05) is 21.7 Å². The third-order valence-corrected chi connectivity index (χ3v) is 3.39. The van der Waals surface area contributed by atoms with E-state index < -0.39 is 0 Å². The summed E-state index contributed by atoms with van der Waals surface area (Å²) in [4.78, 5) is 4.30. The van der Waals surface area contributed by atoms with Crippen LogP contribution in [0.2, 0.25) is 5.02 Å². The molecule has 0 amide bonds. The van der Waals surface area contributed by atoms with Crippen molar-refractivity contribution in [2.75, 3.05) is 0 Å². The largest absolute Gasteiger partial charge is 0.486 e. The summed E-state index contributed by atoms with van der Waals surface area (Å²) in [7, 11) is 0. The normalized spacial score (nSPS) is 10.5. The predicted octanol–water partition coefficient (Wildman–Crippen LogP) is 3.18. The zero-order valence-electron chi connectivity index (χ0n) is 9.31. The van der Waals surface area contributed by atoms with E-state index in [4.69, 9.17) is 16.3 Å². The maximum absolute atomic E-state index is 9.19. The van der Waals surface area contributed by atoms with E-state index in [9.17, 15) is 5.11 Å². The Morgan fingerprint density at radius 2 is 2.29 bits per heavy atom. The first-order valence-electron chi connectivity index (χ1n) is 5.12. The molecule has 0 saturated carbocycles. The van der Waals surface area contributed by atoms with Gasteiger partial charge in [-0.3, -0.25) is 0 Å². The molecular formula is C12H12ClNO2S. The summed E-state index contributed by atoms with van der Waals surface area (Å²) < 4.78 is 5.61. The van der Waals surface area contributed by atoms with E-state index in [1.54, 1.807) is 29.5 Å². The first kappa shape index (κ1) is 12.4. The van der Waals surface area contributed by atoms with Gasteiger partial charge in [-0.25, -0.2) is 4.98 Å². The number of hydrogen-bond acceptors (Lipinski definition) is 4. The van der Waals surface area contributed by atoms with Crippen molar-refractivity contribution in [1.82, 2.24) is 4.98 Å². The Morgan fingerprint density at radius 1 is 1.47 bits per heavy atom. The smallest absolute Gasteiger partial charge is 0.140 e. The number of aliphatic hydroxyl groups is 1. The summed E-state index contributed by atoms with van der Waals surface area (Å²) in [6.45, 7) is 2.27. The Bertz CT molecular complexity index is 513. The molecule has 1 N–H and O–H groups in total. The fourth-order valence-electron chi connectivity index (χ4n) is 1.42. The van der Waals surface area contributed by atoms with E-state index in [0.29, 0.717) is 22.9 Å². The Kier molecular flexibility index (Phi) is 3.99. The number of halogens is 1. The monoisotopic (exact) mass is 269 g/mol. The van der Waals surface area contributed by atoms with Crippen molar-refractivity contribution in [3.8, 4) is 5.75 Å². The SMILES string of the molecule is Cc1csc(COc2ccc(Cl)cc2CO)n1. The summed E-state index contributed by atoms with van der Waals surface area (Å²) >= 11 is 7.40. The molecule has 2 aromatic rings. The molecule has 0 atom stereocenters. The lowest BCUT2D eigenvalue weighted by atomic mass is 10.2. The molecule has 1 aromatic heterocycles. The number of ether oxygens (including phenoxy) is 1. The predicted molar refractivity (Wildman–Crippen MR) is 68.6 cm³/mol. The Hall–Kier alpha value is -1.10. The molecule has 0 aliphatic heterocycles. The molecule has 3 nitrogen and oxygen atoms in total. The number of aryl methyl sites for hydroxylation is 1. The van der Waals surface area contributed by atoms with Crippen LogP contribution in [-0.4, -0.2) is 10.1 Å². The van der Waals surface area contributed by atoms with Crippen LogP contribution < -0.4 is 4.74 Å². The highest BCUT2D eigenvalue weighted by Gasteiger charge is 2.05. The third kappa shape index (κ3) is 3.19. The highest BCUT2D eigenvalue weighted by atomic mass is 35.5. The van der Waals surface area contributed by atoms with Gasteiger partial charge in [0.1, 0.15) is 17.4 Å². The van der Waals surface area contributed by atoms with E-state index in [0.717, 1.165) is 10.7 Å². The molecule has 0 saturated heterocycles. The molecule has 0 spiro atoms. The van der Waals surface area contributed by atoms with E-state index in [1.807, 2.05) is 12.3 Å². The summed E-state index contributed by atoms with van der Waals surface area (Å²) in [5.74, 6) is 0.643. The van der Waals surface area contributed by atoms with Crippen LogP contribution in [0, 0.1) is 6.92 Å². The van der Waals surface area contributed by atoms with Crippen molar-refractivity contribution in [2.24, 2.45) is 0 Å². The van der Waals surface area contributed by atoms with Gasteiger partial charge in [-0.15, -0.1) is 11.3 Å². The minimum absolute atomic E-state index is 0.0905. The molecule has 0 bridgehead atoms. The van der Waals surface area contributed by atoms with Crippen LogP contribution in [0.25, 0.3) is 0 Å². The zero-order chi connectivity index (χ0) is 12.3. The molecule has 1 aromatic carbocycles. The molecule has 1 heterocycles. The van der Waals surface area contributed by atoms with Gasteiger partial charge in [-0.1, -0.05) is 11.6 Å². The summed E-state index contributed by atoms with van der Waals surface area (Å²) in [5.41, 5.74) is 1.68. The van der Waals surface area contributed by atoms with Crippen LogP contribution >= 0.6 is 22.9 Å². The highest BCUT2D eigenvalue weighted by Crippen LogP contribution is 2.24. The number of hydrogen-bond donors (Lipinski definition) is 1. The van der Waals surface area contributed by atoms with Gasteiger partial charge >= 0.3 is 0 Å². The number of rotatable bonds is 4. The molecule has 5 heteroatoms. The Balaban J connectivity index is 2.08. The van der Waals surface area contributed by atoms with Crippen molar-refractivity contribution >= 4 is 22.9 Å². The van der Waals surface area contributed by atoms with E-state index in [-0.39, 0.29) is 6.61 Å². The van der Waals surface area contributed by atoms with Crippen molar-refractivity contribution < 1.29 is 9.84 Å². The number of aromatic nitrogens is 1. The lowest BCUT2D eigenvalue weighted by Gasteiger charge is -2.08. The molecule has 0 radical (unpaired) electrons. The lowest BCUT2D eigenvalue weighted by Crippen LogP contribution is -1.98. The molecule has 0 unspecified atom stereocenters. The van der Waals surface area contributed by atoms with Gasteiger partial charge in [0.25, 0.3) is 0 Å². The van der Waals surface area contributed by atoms with E-state index in [2.05, 4.69) is 4.98 Å². The van der Waals surface area contributed by atoms with Crippen molar-refractivity contribution in [2.45, 2.75) is 20.1 Å². The van der Waals surface area contributed by atoms with Crippen LogP contribution in [-0.2, 0) is 13.2 Å². The van der Waals surface area contributed by atoms with Gasteiger partial charge in [-0.2, -0.15) is 0 Å². The molecule has 2 rings (SSSR count). The van der Waals surface area contributed by atoms with Crippen LogP contribution in [0.4, 0.5) is 0 Å². The molecule has 17 heavy (non-hydrogen) atoms. The van der Waals surface area contributed by atoms with Gasteiger partial charge in [0.15, 0.2) is 0 Å². The summed E-state index contributed by atoms with van der Waals surface area (Å²) in [6, 6.07) is 5.20. The molecule has 90 valence electrons. The van der Waals surface area contributed by atoms with Crippen LogP contribution in [0.3, 0.4) is 0 Å². The third-order valence-electron chi connectivity index (χ3n) is 2.21. The average molecular weight is 270 g/mol. The minimum atomic E-state index is -0.0905. The number of nitrogens with zero attached hydrogens (tertiary/aromatic N) is 1. The minimum Gasteiger partial charge on any atom is -0.486 e. The van der Waals surface area contributed by atoms with Gasteiger partial charge in [0.05, 0.1) is 6.61 Å². The fourth-order valence-corrected chi connectivity index (χ4v) is 2.30. The van der Waals surface area contributed by atoms with Crippen LogP contribution in [0.15, 0.2) is 23.6 Å². The maximum Gasteiger partial charge on any atom is 0.140 e. The highest BCUT2D eigenvalue weighted by molar-refractivity contribution is 7.09. The second-order valence-electron chi connectivity index (χ2n) is 3.58. The Morgan fingerprint density at radius 3 is 2.94 bits per heavy atom. The number of thiazole rings is 1. The first-order valence-corrected chi connectivity index (χ1v) is 6.38. The maximum atomic E-state index is 9.19. The number of aliphatic hydroxyl groups excluding tert-OH is 1. The summed E-state index contributed by atoms with van der Waals surface area (Å²) in [6.07, 6.45) is 0. The topological polar surface area (TPSA) is 42.4 Å². The van der Waals surface area contributed by atoms with Crippen LogP contribution in [0.1, 0.15) is 16.3 Å². The second-order valence-corrected chi connectivity index (χ2v) is 4.96. The van der Waals surface area contributed by atoms with Gasteiger partial charge < -0.3 is 9.84 Å². The molecule has 0 aliphatic rings. The quantitative estimate of drug-likeness (QED) is 0.927. The van der Waals surface area contributed by atoms with Crippen molar-refractivity contribution in [1.29, 1.82) is 0 Å². The zero-order valence-corrected chi connectivity index (χ0v) is 10.9. The fraction of sp³-hybridized carbons (Fsp3) is 0.250. The lowest BCUT2D eigenvalue weighted by molar-refractivity contribution is 0.259.